The van der Waals surface area contributed by atoms with E-state index in [1.165, 1.54) is 0 Å². The number of likely N-dealkylation sites (N-methyl/N-ethyl adjacent to an activating group) is 3. The lowest BCUT2D eigenvalue weighted by Gasteiger charge is -2.33. The van der Waals surface area contributed by atoms with Crippen LogP contribution >= 0.6 is 69.6 Å². The molecule has 0 aromatic heterocycles. The average molecular weight is 2060 g/mol. The zero-order chi connectivity index (χ0) is 101. The molecule has 9 amide bonds. The van der Waals surface area contributed by atoms with E-state index in [9.17, 15) is 73.2 Å². The van der Waals surface area contributed by atoms with E-state index in [0.29, 0.717) is 181 Å². The smallest absolute Gasteiger partial charge is 0.364 e. The number of hydrogen-bond donors (Lipinski definition) is 10. The van der Waals surface area contributed by atoms with Gasteiger partial charge < -0.3 is 120 Å². The number of aliphatic hydroxyl groups excluding tert-OH is 4. The number of rotatable bonds is 51. The van der Waals surface area contributed by atoms with E-state index in [0.717, 1.165) is 106 Å². The summed E-state index contributed by atoms with van der Waals surface area (Å²) < 4.78 is 48.3. The topological polar surface area (TPSA) is 473 Å². The van der Waals surface area contributed by atoms with Crippen LogP contribution in [0.25, 0.3) is 0 Å². The Bertz CT molecular complexity index is 4950. The zero-order valence-electron chi connectivity index (χ0n) is 78.4. The summed E-state index contributed by atoms with van der Waals surface area (Å²) >= 11 is 38.4. The SMILES string of the molecule is CCOCCNC(=O)Nc1cccc(C2CN(C)Cc3c(Cl)cc(Cl)cc32)c1.CCOCCOCCNC(=O)C(O)C(O)C(=O)CCCOCCOCCOCCCC(=O)Nc1cccc(C2CN(C)Cc3c(Cl)cc(Cl)cc32)c1.CN1Cc2c(Cl)cc(Cl)cc2C(c2cccc(NC(=O)CCCOCCOCCOCCN)c2)C1.O=C(ON1C(=O)CCC1=O)C(O)C(O)C(=O)ON1C(=O)CCC1=O. The first-order valence-electron chi connectivity index (χ1n) is 45.8. The fourth-order valence-corrected chi connectivity index (χ4v) is 16.8. The van der Waals surface area contributed by atoms with Gasteiger partial charge in [0.1, 0.15) is 6.10 Å². The lowest BCUT2D eigenvalue weighted by Crippen LogP contribution is -2.47. The first kappa shape index (κ1) is 115. The fraction of sp³-hybridized carbons (Fsp3) is 0.510. The normalized spacial score (nSPS) is 16.6. The summed E-state index contributed by atoms with van der Waals surface area (Å²) in [4.78, 5) is 145. The number of Topliss-reactive ketones (excluding diaryl/α,β-unsaturated/α-hetero) is 1. The molecule has 11 rings (SSSR count). The maximum atomic E-state index is 12.6. The van der Waals surface area contributed by atoms with Gasteiger partial charge >= 0.3 is 18.0 Å². The zero-order valence-corrected chi connectivity index (χ0v) is 83.0. The Labute approximate surface area is 837 Å². The molecule has 762 valence electrons. The van der Waals surface area contributed by atoms with Crippen LogP contribution in [0.5, 0.6) is 0 Å². The van der Waals surface area contributed by atoms with Crippen LogP contribution in [0, 0.1) is 0 Å². The molecule has 139 heavy (non-hydrogen) atoms. The second-order valence-corrected chi connectivity index (χ2v) is 35.3. The van der Waals surface area contributed by atoms with Gasteiger partial charge in [-0.25, -0.2) is 14.4 Å². The summed E-state index contributed by atoms with van der Waals surface area (Å²) in [6.45, 7) is 17.7. The molecule has 2 saturated heterocycles. The number of benzene rings is 6. The van der Waals surface area contributed by atoms with Crippen LogP contribution in [0.2, 0.25) is 30.1 Å². The molecule has 43 heteroatoms. The molecule has 37 nitrogen and oxygen atoms in total. The molecule has 0 spiro atoms. The van der Waals surface area contributed by atoms with E-state index >= 15 is 0 Å². The molecule has 7 atom stereocenters. The molecule has 5 aliphatic heterocycles. The van der Waals surface area contributed by atoms with Gasteiger partial charge in [-0.3, -0.25) is 38.4 Å². The monoisotopic (exact) mass is 2060 g/mol. The summed E-state index contributed by atoms with van der Waals surface area (Å²) in [7, 11) is 6.22. The van der Waals surface area contributed by atoms with Gasteiger partial charge in [-0.2, -0.15) is 0 Å². The minimum atomic E-state index is -2.51. The number of urea groups is 1. The third-order valence-electron chi connectivity index (χ3n) is 21.9. The second kappa shape index (κ2) is 61.7. The van der Waals surface area contributed by atoms with Crippen molar-refractivity contribution >= 4 is 152 Å². The number of ketones is 1. The molecule has 5 aliphatic rings. The van der Waals surface area contributed by atoms with Gasteiger partial charge in [0.25, 0.3) is 29.5 Å². The third-order valence-corrected chi connectivity index (χ3v) is 23.6. The van der Waals surface area contributed by atoms with E-state index < -0.39 is 71.7 Å². The van der Waals surface area contributed by atoms with Crippen molar-refractivity contribution in [1.82, 2.24) is 35.5 Å². The van der Waals surface area contributed by atoms with E-state index in [1.54, 1.807) is 18.2 Å². The van der Waals surface area contributed by atoms with Crippen LogP contribution in [0.1, 0.15) is 146 Å². The lowest BCUT2D eigenvalue weighted by atomic mass is 9.84. The minimum absolute atomic E-state index is 0.0358. The first-order chi connectivity index (χ1) is 66.8. The quantitative estimate of drug-likeness (QED) is 0.0125. The number of hydroxylamine groups is 4. The van der Waals surface area contributed by atoms with E-state index in [1.807, 2.05) is 86.6 Å². The van der Waals surface area contributed by atoms with Crippen molar-refractivity contribution in [3.63, 3.8) is 0 Å². The highest BCUT2D eigenvalue weighted by Gasteiger charge is 2.42. The van der Waals surface area contributed by atoms with Crippen molar-refractivity contribution in [2.24, 2.45) is 5.73 Å². The van der Waals surface area contributed by atoms with Crippen molar-refractivity contribution in [3.05, 3.63) is 189 Å². The number of nitrogens with zero attached hydrogens (tertiary/aromatic N) is 5. The molecule has 0 radical (unpaired) electrons. The van der Waals surface area contributed by atoms with Crippen LogP contribution in [0.4, 0.5) is 21.9 Å². The first-order valence-corrected chi connectivity index (χ1v) is 48.1. The average Bonchev–Trinajstić information content (AvgIpc) is 1.24. The summed E-state index contributed by atoms with van der Waals surface area (Å²) in [5.74, 6) is -7.92. The van der Waals surface area contributed by atoms with Crippen LogP contribution < -0.4 is 32.3 Å². The number of amides is 9. The molecule has 0 bridgehead atoms. The number of carbonyl (C=O) groups excluding carboxylic acids is 11. The second-order valence-electron chi connectivity index (χ2n) is 32.8. The number of fused-ring (bicyclic) bond motifs is 3. The molecule has 2 fully saturated rings. The fourth-order valence-electron chi connectivity index (χ4n) is 15.1. The van der Waals surface area contributed by atoms with Gasteiger partial charge in [-0.1, -0.05) is 106 Å². The number of carbonyl (C=O) groups is 11. The number of ether oxygens (including phenoxy) is 9. The lowest BCUT2D eigenvalue weighted by molar-refractivity contribution is -0.216. The number of halogens is 6. The Morgan fingerprint density at radius 2 is 0.705 bits per heavy atom. The van der Waals surface area contributed by atoms with E-state index in [2.05, 4.69) is 90.3 Å². The molecule has 0 aliphatic carbocycles. The Hall–Kier alpha value is -9.05. The van der Waals surface area contributed by atoms with Crippen molar-refractivity contribution in [2.75, 3.05) is 195 Å². The van der Waals surface area contributed by atoms with Crippen molar-refractivity contribution in [1.29, 1.82) is 0 Å². The predicted octanol–water partition coefficient (Wildman–Crippen LogP) is 9.53. The van der Waals surface area contributed by atoms with Crippen LogP contribution in [-0.2, 0) is 120 Å². The predicted molar refractivity (Wildman–Crippen MR) is 519 cm³/mol. The standard InChI is InChI=1S/C37H53Cl2N3O10.C26H35Cl2N3O4.C21H25Cl2N3O2.C12H12N2O10/c1-3-48-15-16-51-14-11-40-37(47)36(46)35(45)33(43)9-5-12-49-17-19-52-20-18-50-13-6-10-34(44)41-28-8-4-7-26(21-28)30-24-42(2)25-31-29(30)22-27(38)23-32(31)39;1-31-17-23(22-15-20(27)16-25(28)24(22)18-31)19-4-2-5-21(14-19)30-26(32)6-3-8-33-10-12-35-13-11-34-9-7-29;1-3-28-8-7-24-21(27)25-16-6-4-5-14(9-16)18-12-26(2)13-19-17(18)10-15(22)11-20(19)23;15-5-1-2-6(16)13(5)23-11(21)9(19)10(20)12(22)24-14-7(17)3-4-8(14)18/h4,7-8,21-23,30,35-36,45-46H,3,5-6,9-20,24-25H2,1-2H3,(H,40,47)(H,41,44);2,4-5,14-16,23H,3,6-13,17-18,29H2,1H3,(H,30,32);4-6,9-11,18H,3,7-8,12-13H2,1-2H3,(H2,24,25,27);9-10,19-20H,1-4H2. The van der Waals surface area contributed by atoms with Crippen molar-refractivity contribution in [3.8, 4) is 0 Å². The van der Waals surface area contributed by atoms with Crippen LogP contribution in [0.15, 0.2) is 109 Å². The highest BCUT2D eigenvalue weighted by atomic mass is 35.5. The van der Waals surface area contributed by atoms with Crippen LogP contribution in [0.3, 0.4) is 0 Å². The number of aliphatic hydroxyl groups is 4. The maximum absolute atomic E-state index is 12.6. The largest absolute Gasteiger partial charge is 0.382 e. The molecule has 6 aromatic rings. The van der Waals surface area contributed by atoms with Gasteiger partial charge in [-0.15, -0.1) is 10.1 Å². The number of hydrogen-bond acceptors (Lipinski definition) is 30. The Balaban J connectivity index is 0.000000238. The summed E-state index contributed by atoms with van der Waals surface area (Å²) in [6, 6.07) is 34.9. The number of nitrogens with two attached hydrogens (primary N) is 1. The number of imide groups is 2. The molecular weight excluding hydrogens is 1940 g/mol. The molecular formula is C96H125Cl6N11O26. The molecule has 5 heterocycles. The Morgan fingerprint density at radius 3 is 1.07 bits per heavy atom. The summed E-state index contributed by atoms with van der Waals surface area (Å²) in [5.41, 5.74) is 17.6. The van der Waals surface area contributed by atoms with Crippen LogP contribution in [-0.4, -0.2) is 314 Å². The maximum Gasteiger partial charge on any atom is 0.364 e. The number of nitrogens with one attached hydrogen (secondary N) is 5. The molecule has 7 unspecified atom stereocenters. The van der Waals surface area contributed by atoms with Crippen molar-refractivity contribution < 1.29 is 125 Å². The highest BCUT2D eigenvalue weighted by Crippen LogP contribution is 2.43. The van der Waals surface area contributed by atoms with Gasteiger partial charge in [0.2, 0.25) is 11.8 Å². The van der Waals surface area contributed by atoms with E-state index in [4.69, 9.17) is 118 Å². The van der Waals surface area contributed by atoms with Gasteiger partial charge in [0, 0.05) is 202 Å². The molecule has 0 saturated carbocycles. The van der Waals surface area contributed by atoms with Gasteiger partial charge in [-0.05, 0) is 177 Å². The van der Waals surface area contributed by atoms with Crippen molar-refractivity contribution in [2.45, 2.75) is 140 Å². The highest BCUT2D eigenvalue weighted by molar-refractivity contribution is 6.36. The number of anilines is 3. The molecule has 11 N–H and O–H groups in total. The van der Waals surface area contributed by atoms with Gasteiger partial charge in [0.15, 0.2) is 24.1 Å². The minimum Gasteiger partial charge on any atom is -0.382 e. The molecule has 6 aromatic carbocycles. The van der Waals surface area contributed by atoms with Gasteiger partial charge in [0.05, 0.1) is 85.9 Å². The Morgan fingerprint density at radius 1 is 0.388 bits per heavy atom. The summed E-state index contributed by atoms with van der Waals surface area (Å²) in [6.07, 6.45) is -7.27. The summed E-state index contributed by atoms with van der Waals surface area (Å²) in [5, 5.41) is 57.3. The third kappa shape index (κ3) is 39.0. The Kier molecular flexibility index (Phi) is 51.2. The van der Waals surface area contributed by atoms with E-state index in [-0.39, 0.29) is 97.6 Å².